The molecule has 68 valence electrons. The Morgan fingerprint density at radius 3 is 2.92 bits per heavy atom. The predicted octanol–water partition coefficient (Wildman–Crippen LogP) is 0.611. The van der Waals surface area contributed by atoms with Gasteiger partial charge in [0, 0.05) is 13.0 Å². The molecule has 0 bridgehead atoms. The third-order valence-corrected chi connectivity index (χ3v) is 1.88. The summed E-state index contributed by atoms with van der Waals surface area (Å²) >= 11 is 0. The lowest BCUT2D eigenvalue weighted by atomic mass is 10.2. The number of aromatic nitrogens is 3. The number of rotatable bonds is 4. The zero-order chi connectivity index (χ0) is 8.97. The molecule has 1 aromatic heterocycles. The van der Waals surface area contributed by atoms with Crippen molar-refractivity contribution in [2.75, 3.05) is 0 Å². The first-order chi connectivity index (χ1) is 5.77. The number of aliphatic hydroxyl groups is 1. The van der Waals surface area contributed by atoms with Gasteiger partial charge in [-0.25, -0.2) is 4.98 Å². The van der Waals surface area contributed by atoms with Crippen molar-refractivity contribution >= 4 is 0 Å². The number of hydrogen-bond donors (Lipinski definition) is 1. The highest BCUT2D eigenvalue weighted by Crippen LogP contribution is 2.01. The maximum atomic E-state index is 9.37. The summed E-state index contributed by atoms with van der Waals surface area (Å²) in [6.07, 6.45) is 2.60. The lowest BCUT2D eigenvalue weighted by molar-refractivity contribution is 0.166. The minimum absolute atomic E-state index is 0.292. The molecular weight excluding hydrogens is 154 g/mol. The van der Waals surface area contributed by atoms with Gasteiger partial charge in [0.2, 0.25) is 0 Å². The molecule has 1 heterocycles. The van der Waals surface area contributed by atoms with Crippen molar-refractivity contribution in [3.8, 4) is 0 Å². The smallest absolute Gasteiger partial charge is 0.138 e. The molecule has 0 aliphatic carbocycles. The van der Waals surface area contributed by atoms with Crippen LogP contribution in [0.15, 0.2) is 6.33 Å². The monoisotopic (exact) mass is 169 g/mol. The number of hydrogen-bond acceptors (Lipinski definition) is 3. The average Bonchev–Trinajstić information content (AvgIpc) is 2.51. The van der Waals surface area contributed by atoms with Gasteiger partial charge in [-0.2, -0.15) is 5.10 Å². The first-order valence-electron chi connectivity index (χ1n) is 4.32. The van der Waals surface area contributed by atoms with Crippen molar-refractivity contribution in [2.45, 2.75) is 39.3 Å². The third-order valence-electron chi connectivity index (χ3n) is 1.88. The molecule has 0 amide bonds. The van der Waals surface area contributed by atoms with Gasteiger partial charge in [0.1, 0.15) is 12.2 Å². The molecule has 0 saturated carbocycles. The van der Waals surface area contributed by atoms with Crippen LogP contribution in [0, 0.1) is 0 Å². The lowest BCUT2D eigenvalue weighted by Gasteiger charge is -2.06. The van der Waals surface area contributed by atoms with Crippen LogP contribution >= 0.6 is 0 Å². The second kappa shape index (κ2) is 4.21. The average molecular weight is 169 g/mol. The molecule has 0 saturated heterocycles. The van der Waals surface area contributed by atoms with Crippen LogP contribution in [0.4, 0.5) is 0 Å². The molecule has 0 aliphatic rings. The highest BCUT2D eigenvalue weighted by molar-refractivity contribution is 4.86. The molecule has 1 N–H and O–H groups in total. The standard InChI is InChI=1S/C8H15N3O/c1-3-7(12)5-8-9-6-10-11(8)4-2/h6-7,12H,3-5H2,1-2H3. The zero-order valence-electron chi connectivity index (χ0n) is 7.56. The van der Waals surface area contributed by atoms with Gasteiger partial charge in [0.15, 0.2) is 0 Å². The molecule has 0 fully saturated rings. The zero-order valence-corrected chi connectivity index (χ0v) is 7.56. The van der Waals surface area contributed by atoms with E-state index < -0.39 is 0 Å². The van der Waals surface area contributed by atoms with Crippen LogP contribution in [-0.4, -0.2) is 26.0 Å². The summed E-state index contributed by atoms with van der Waals surface area (Å²) in [5.41, 5.74) is 0. The first-order valence-corrected chi connectivity index (χ1v) is 4.32. The minimum atomic E-state index is -0.292. The van der Waals surface area contributed by atoms with Crippen molar-refractivity contribution in [1.29, 1.82) is 0 Å². The van der Waals surface area contributed by atoms with Gasteiger partial charge in [-0.05, 0) is 13.3 Å². The molecule has 1 rings (SSSR count). The fourth-order valence-corrected chi connectivity index (χ4v) is 1.07. The van der Waals surface area contributed by atoms with Gasteiger partial charge < -0.3 is 5.11 Å². The molecule has 0 aliphatic heterocycles. The Bertz CT molecular complexity index is 234. The fraction of sp³-hybridized carbons (Fsp3) is 0.750. The van der Waals surface area contributed by atoms with Gasteiger partial charge in [0.05, 0.1) is 6.10 Å². The Kier molecular flexibility index (Phi) is 3.22. The summed E-state index contributed by atoms with van der Waals surface area (Å²) in [4.78, 5) is 4.07. The quantitative estimate of drug-likeness (QED) is 0.718. The number of aryl methyl sites for hydroxylation is 1. The number of aliphatic hydroxyl groups excluding tert-OH is 1. The van der Waals surface area contributed by atoms with E-state index in [0.717, 1.165) is 18.8 Å². The summed E-state index contributed by atoms with van der Waals surface area (Å²) < 4.78 is 1.80. The Morgan fingerprint density at radius 2 is 2.33 bits per heavy atom. The summed E-state index contributed by atoms with van der Waals surface area (Å²) in [7, 11) is 0. The molecule has 0 aromatic carbocycles. The molecule has 1 atom stereocenters. The van der Waals surface area contributed by atoms with E-state index in [0.29, 0.717) is 6.42 Å². The van der Waals surface area contributed by atoms with Crippen LogP contribution in [0.1, 0.15) is 26.1 Å². The topological polar surface area (TPSA) is 50.9 Å². The summed E-state index contributed by atoms with van der Waals surface area (Å²) in [5, 5.41) is 13.4. The Morgan fingerprint density at radius 1 is 1.58 bits per heavy atom. The van der Waals surface area contributed by atoms with Gasteiger partial charge in [0.25, 0.3) is 0 Å². The molecular formula is C8H15N3O. The largest absolute Gasteiger partial charge is 0.393 e. The predicted molar refractivity (Wildman–Crippen MR) is 45.7 cm³/mol. The summed E-state index contributed by atoms with van der Waals surface area (Å²) in [6.45, 7) is 4.78. The summed E-state index contributed by atoms with van der Waals surface area (Å²) in [6, 6.07) is 0. The fourth-order valence-electron chi connectivity index (χ4n) is 1.07. The van der Waals surface area contributed by atoms with Crippen LogP contribution in [0.2, 0.25) is 0 Å². The van der Waals surface area contributed by atoms with Crippen LogP contribution in [0.3, 0.4) is 0 Å². The van der Waals surface area contributed by atoms with E-state index in [2.05, 4.69) is 10.1 Å². The van der Waals surface area contributed by atoms with Gasteiger partial charge in [-0.1, -0.05) is 6.92 Å². The molecule has 0 spiro atoms. The van der Waals surface area contributed by atoms with Crippen molar-refractivity contribution in [1.82, 2.24) is 14.8 Å². The third kappa shape index (κ3) is 2.04. The Hall–Kier alpha value is -0.900. The second-order valence-corrected chi connectivity index (χ2v) is 2.76. The van der Waals surface area contributed by atoms with Crippen molar-refractivity contribution in [3.63, 3.8) is 0 Å². The first kappa shape index (κ1) is 9.19. The molecule has 0 radical (unpaired) electrons. The molecule has 1 aromatic rings. The van der Waals surface area contributed by atoms with Crippen LogP contribution in [-0.2, 0) is 13.0 Å². The number of nitrogens with zero attached hydrogens (tertiary/aromatic N) is 3. The van der Waals surface area contributed by atoms with Crippen LogP contribution in [0.25, 0.3) is 0 Å². The van der Waals surface area contributed by atoms with E-state index in [1.807, 2.05) is 13.8 Å². The van der Waals surface area contributed by atoms with Gasteiger partial charge in [-0.3, -0.25) is 4.68 Å². The van der Waals surface area contributed by atoms with E-state index in [4.69, 9.17) is 0 Å². The van der Waals surface area contributed by atoms with Gasteiger partial charge in [-0.15, -0.1) is 0 Å². The van der Waals surface area contributed by atoms with E-state index in [1.165, 1.54) is 6.33 Å². The Labute approximate surface area is 72.2 Å². The SMILES string of the molecule is CCC(O)Cc1ncnn1CC. The Balaban J connectivity index is 2.61. The second-order valence-electron chi connectivity index (χ2n) is 2.76. The highest BCUT2D eigenvalue weighted by atomic mass is 16.3. The van der Waals surface area contributed by atoms with E-state index in [1.54, 1.807) is 4.68 Å². The maximum absolute atomic E-state index is 9.37. The minimum Gasteiger partial charge on any atom is -0.393 e. The van der Waals surface area contributed by atoms with Crippen LogP contribution in [0.5, 0.6) is 0 Å². The maximum Gasteiger partial charge on any atom is 0.138 e. The normalized spacial score (nSPS) is 13.2. The molecule has 4 heteroatoms. The van der Waals surface area contributed by atoms with E-state index >= 15 is 0 Å². The van der Waals surface area contributed by atoms with Crippen LogP contribution < -0.4 is 0 Å². The highest BCUT2D eigenvalue weighted by Gasteiger charge is 2.07. The van der Waals surface area contributed by atoms with E-state index in [9.17, 15) is 5.11 Å². The molecule has 1 unspecified atom stereocenters. The summed E-state index contributed by atoms with van der Waals surface area (Å²) in [5.74, 6) is 0.867. The van der Waals surface area contributed by atoms with E-state index in [-0.39, 0.29) is 6.10 Å². The van der Waals surface area contributed by atoms with Crippen molar-refractivity contribution in [3.05, 3.63) is 12.2 Å². The molecule has 4 nitrogen and oxygen atoms in total. The van der Waals surface area contributed by atoms with Crippen molar-refractivity contribution < 1.29 is 5.11 Å². The molecule has 12 heavy (non-hydrogen) atoms. The lowest BCUT2D eigenvalue weighted by Crippen LogP contribution is -2.13. The van der Waals surface area contributed by atoms with Gasteiger partial charge >= 0.3 is 0 Å². The van der Waals surface area contributed by atoms with Crippen molar-refractivity contribution in [2.24, 2.45) is 0 Å².